The van der Waals surface area contributed by atoms with Crippen molar-refractivity contribution in [1.82, 2.24) is 5.32 Å². The summed E-state index contributed by atoms with van der Waals surface area (Å²) in [5.41, 5.74) is 0.743. The van der Waals surface area contributed by atoms with E-state index in [1.807, 2.05) is 6.07 Å². The Bertz CT molecular complexity index is 708. The second kappa shape index (κ2) is 7.08. The van der Waals surface area contributed by atoms with Crippen LogP contribution in [0, 0.1) is 0 Å². The lowest BCUT2D eigenvalue weighted by Crippen LogP contribution is -2.27. The van der Waals surface area contributed by atoms with Crippen LogP contribution in [-0.4, -0.2) is 24.1 Å². The van der Waals surface area contributed by atoms with E-state index < -0.39 is 11.9 Å². The zero-order valence-electron chi connectivity index (χ0n) is 11.9. The molecule has 0 aliphatic rings. The first-order chi connectivity index (χ1) is 10.6. The van der Waals surface area contributed by atoms with Crippen molar-refractivity contribution >= 4 is 18.0 Å². The van der Waals surface area contributed by atoms with E-state index in [2.05, 4.69) is 5.32 Å². The first-order valence-electron chi connectivity index (χ1n) is 6.56. The molecule has 112 valence electrons. The number of rotatable bonds is 5. The van der Waals surface area contributed by atoms with Crippen LogP contribution in [-0.2, 0) is 4.79 Å². The highest BCUT2D eigenvalue weighted by Gasteiger charge is 2.16. The molecule has 0 bridgehead atoms. The van der Waals surface area contributed by atoms with E-state index in [9.17, 15) is 14.7 Å². The maximum absolute atomic E-state index is 12.2. The van der Waals surface area contributed by atoms with Gasteiger partial charge in [-0.05, 0) is 23.8 Å². The van der Waals surface area contributed by atoms with E-state index in [4.69, 9.17) is 4.74 Å². The van der Waals surface area contributed by atoms with E-state index in [0.717, 1.165) is 0 Å². The fourth-order valence-corrected chi connectivity index (χ4v) is 1.89. The van der Waals surface area contributed by atoms with Crippen LogP contribution in [0.2, 0.25) is 0 Å². The summed E-state index contributed by atoms with van der Waals surface area (Å²) < 4.78 is 5.10. The average Bonchev–Trinajstić information content (AvgIpc) is 2.55. The van der Waals surface area contributed by atoms with Gasteiger partial charge in [0.05, 0.1) is 12.7 Å². The number of para-hydroxylation sites is 1. The van der Waals surface area contributed by atoms with Crippen molar-refractivity contribution in [3.63, 3.8) is 0 Å². The minimum absolute atomic E-state index is 0.206. The van der Waals surface area contributed by atoms with Crippen LogP contribution >= 0.6 is 0 Å². The molecule has 0 radical (unpaired) electrons. The second-order valence-electron chi connectivity index (χ2n) is 4.43. The van der Waals surface area contributed by atoms with Gasteiger partial charge in [0.25, 0.3) is 5.91 Å². The first kappa shape index (κ1) is 15.3. The molecule has 0 spiro atoms. The van der Waals surface area contributed by atoms with Gasteiger partial charge < -0.3 is 15.2 Å². The van der Waals surface area contributed by atoms with Gasteiger partial charge in [-0.25, -0.2) is 4.79 Å². The molecule has 2 N–H and O–H groups in total. The number of hydrogen-bond donors (Lipinski definition) is 2. The van der Waals surface area contributed by atoms with Crippen molar-refractivity contribution in [2.24, 2.45) is 0 Å². The lowest BCUT2D eigenvalue weighted by molar-refractivity contribution is -0.132. The number of carboxylic acid groups (broad SMARTS) is 1. The smallest absolute Gasteiger partial charge is 0.352 e. The van der Waals surface area contributed by atoms with Crippen LogP contribution in [0.5, 0.6) is 5.75 Å². The molecule has 0 saturated carbocycles. The van der Waals surface area contributed by atoms with E-state index in [-0.39, 0.29) is 11.3 Å². The Kier molecular flexibility index (Phi) is 4.93. The van der Waals surface area contributed by atoms with Gasteiger partial charge in [0.15, 0.2) is 0 Å². The Hall–Kier alpha value is -3.08. The van der Waals surface area contributed by atoms with Crippen LogP contribution < -0.4 is 10.1 Å². The van der Waals surface area contributed by atoms with Gasteiger partial charge in [-0.15, -0.1) is 0 Å². The number of carboxylic acids is 1. The Morgan fingerprint density at radius 2 is 1.68 bits per heavy atom. The number of carbonyl (C=O) groups is 2. The molecular weight excluding hydrogens is 282 g/mol. The summed E-state index contributed by atoms with van der Waals surface area (Å²) in [6.07, 6.45) is 1.40. The summed E-state index contributed by atoms with van der Waals surface area (Å²) in [4.78, 5) is 23.5. The van der Waals surface area contributed by atoms with Crippen LogP contribution in [0.1, 0.15) is 15.9 Å². The second-order valence-corrected chi connectivity index (χ2v) is 4.43. The molecule has 2 rings (SSSR count). The molecule has 0 aliphatic carbocycles. The van der Waals surface area contributed by atoms with Gasteiger partial charge in [-0.2, -0.15) is 0 Å². The third-order valence-corrected chi connectivity index (χ3v) is 2.94. The van der Waals surface area contributed by atoms with Gasteiger partial charge in [0.2, 0.25) is 0 Å². The van der Waals surface area contributed by atoms with Gasteiger partial charge in [-0.1, -0.05) is 42.5 Å². The number of nitrogens with one attached hydrogen (secondary N) is 1. The predicted molar refractivity (Wildman–Crippen MR) is 82.5 cm³/mol. The average molecular weight is 297 g/mol. The molecule has 22 heavy (non-hydrogen) atoms. The number of aliphatic carboxylic acids is 1. The van der Waals surface area contributed by atoms with E-state index in [0.29, 0.717) is 11.3 Å². The third-order valence-electron chi connectivity index (χ3n) is 2.94. The Morgan fingerprint density at radius 3 is 2.32 bits per heavy atom. The number of carbonyl (C=O) groups excluding carboxylic acids is 1. The molecule has 0 aliphatic heterocycles. The van der Waals surface area contributed by atoms with Crippen molar-refractivity contribution in [3.8, 4) is 5.75 Å². The van der Waals surface area contributed by atoms with Crippen LogP contribution in [0.25, 0.3) is 6.08 Å². The molecule has 1 amide bonds. The lowest BCUT2D eigenvalue weighted by Gasteiger charge is -2.09. The summed E-state index contributed by atoms with van der Waals surface area (Å²) in [5, 5.41) is 11.6. The highest BCUT2D eigenvalue weighted by Crippen LogP contribution is 2.17. The van der Waals surface area contributed by atoms with Crippen molar-refractivity contribution in [2.45, 2.75) is 0 Å². The monoisotopic (exact) mass is 297 g/mol. The topological polar surface area (TPSA) is 75.6 Å². The van der Waals surface area contributed by atoms with E-state index in [1.165, 1.54) is 13.2 Å². The SMILES string of the molecule is COc1ccccc1C(=O)N/C(=C\c1ccccc1)C(=O)O. The Morgan fingerprint density at radius 1 is 1.05 bits per heavy atom. The minimum atomic E-state index is -1.22. The molecule has 0 heterocycles. The first-order valence-corrected chi connectivity index (χ1v) is 6.56. The van der Waals surface area contributed by atoms with Gasteiger partial charge in [-0.3, -0.25) is 4.79 Å². The normalized spacial score (nSPS) is 10.9. The van der Waals surface area contributed by atoms with Gasteiger partial charge in [0.1, 0.15) is 11.4 Å². The van der Waals surface area contributed by atoms with E-state index >= 15 is 0 Å². The van der Waals surface area contributed by atoms with Gasteiger partial charge >= 0.3 is 5.97 Å². The van der Waals surface area contributed by atoms with Crippen molar-refractivity contribution in [1.29, 1.82) is 0 Å². The predicted octanol–water partition coefficient (Wildman–Crippen LogP) is 2.55. The molecule has 2 aromatic rings. The summed E-state index contributed by atoms with van der Waals surface area (Å²) in [6.45, 7) is 0. The Labute approximate surface area is 127 Å². The highest BCUT2D eigenvalue weighted by molar-refractivity contribution is 6.04. The molecule has 2 aromatic carbocycles. The molecule has 0 fully saturated rings. The molecule has 0 atom stereocenters. The zero-order valence-corrected chi connectivity index (χ0v) is 11.9. The Balaban J connectivity index is 2.27. The summed E-state index contributed by atoms with van der Waals surface area (Å²) in [5.74, 6) is -1.38. The third kappa shape index (κ3) is 3.73. The number of amides is 1. The minimum Gasteiger partial charge on any atom is -0.496 e. The van der Waals surface area contributed by atoms with Crippen LogP contribution in [0.4, 0.5) is 0 Å². The summed E-state index contributed by atoms with van der Waals surface area (Å²) >= 11 is 0. The number of methoxy groups -OCH3 is 1. The summed E-state index contributed by atoms with van der Waals surface area (Å²) in [6, 6.07) is 15.5. The maximum Gasteiger partial charge on any atom is 0.352 e. The van der Waals surface area contributed by atoms with Crippen LogP contribution in [0.3, 0.4) is 0 Å². The quantitative estimate of drug-likeness (QED) is 0.832. The number of hydrogen-bond acceptors (Lipinski definition) is 3. The largest absolute Gasteiger partial charge is 0.496 e. The van der Waals surface area contributed by atoms with Crippen molar-refractivity contribution < 1.29 is 19.4 Å². The standard InChI is InChI=1S/C17H15NO4/c1-22-15-10-6-5-9-13(15)16(19)18-14(17(20)21)11-12-7-3-2-4-8-12/h2-11H,1H3,(H,18,19)(H,20,21)/b14-11-. The number of benzene rings is 2. The summed E-state index contributed by atoms with van der Waals surface area (Å²) in [7, 11) is 1.45. The molecule has 0 unspecified atom stereocenters. The number of ether oxygens (including phenoxy) is 1. The fraction of sp³-hybridized carbons (Fsp3) is 0.0588. The molecular formula is C17H15NO4. The van der Waals surface area contributed by atoms with Crippen molar-refractivity contribution in [2.75, 3.05) is 7.11 Å². The van der Waals surface area contributed by atoms with Crippen molar-refractivity contribution in [3.05, 3.63) is 71.4 Å². The molecule has 5 heteroatoms. The fourth-order valence-electron chi connectivity index (χ4n) is 1.89. The van der Waals surface area contributed by atoms with E-state index in [1.54, 1.807) is 48.5 Å². The lowest BCUT2D eigenvalue weighted by atomic mass is 10.1. The van der Waals surface area contributed by atoms with Crippen LogP contribution in [0.15, 0.2) is 60.3 Å². The van der Waals surface area contributed by atoms with Gasteiger partial charge in [0, 0.05) is 0 Å². The molecule has 0 aromatic heterocycles. The molecule has 5 nitrogen and oxygen atoms in total. The highest BCUT2D eigenvalue weighted by atomic mass is 16.5. The zero-order chi connectivity index (χ0) is 15.9. The molecule has 0 saturated heterocycles. The maximum atomic E-state index is 12.2.